The summed E-state index contributed by atoms with van der Waals surface area (Å²) in [7, 11) is 0. The molecule has 2 amide bonds. The largest absolute Gasteiger partial charge is 0.326 e. The molecule has 0 aliphatic rings. The van der Waals surface area contributed by atoms with Crippen LogP contribution in [0.3, 0.4) is 0 Å². The van der Waals surface area contributed by atoms with Gasteiger partial charge in [-0.3, -0.25) is 9.59 Å². The minimum atomic E-state index is -0.371. The molecule has 0 aliphatic heterocycles. The van der Waals surface area contributed by atoms with Crippen LogP contribution in [0.15, 0.2) is 53.6 Å². The third-order valence-electron chi connectivity index (χ3n) is 2.98. The Morgan fingerprint density at radius 2 is 1.88 bits per heavy atom. The summed E-state index contributed by atoms with van der Waals surface area (Å²) >= 11 is 2.12. The standard InChI is InChI=1S/C17H15FIN3O2/c1-11(9-16(23)20-15-7-5-13(18)6-8-15)21-22-17(24)12-3-2-4-14(19)10-12/h2-8,10H,9H2,1H3,(H,20,23)(H,22,24)/b21-11-. The molecule has 2 N–H and O–H groups in total. The van der Waals surface area contributed by atoms with Crippen LogP contribution in [0.1, 0.15) is 23.7 Å². The van der Waals surface area contributed by atoms with Crippen LogP contribution < -0.4 is 10.7 Å². The number of amides is 2. The highest BCUT2D eigenvalue weighted by molar-refractivity contribution is 14.1. The third-order valence-corrected chi connectivity index (χ3v) is 3.65. The maximum absolute atomic E-state index is 12.8. The quantitative estimate of drug-likeness (QED) is 0.425. The molecule has 0 fully saturated rings. The maximum atomic E-state index is 12.8. The topological polar surface area (TPSA) is 70.6 Å². The van der Waals surface area contributed by atoms with E-state index < -0.39 is 0 Å². The van der Waals surface area contributed by atoms with Crippen molar-refractivity contribution in [2.24, 2.45) is 5.10 Å². The molecule has 2 aromatic carbocycles. The van der Waals surface area contributed by atoms with E-state index in [1.807, 2.05) is 6.07 Å². The Balaban J connectivity index is 1.87. The van der Waals surface area contributed by atoms with E-state index in [1.165, 1.54) is 24.3 Å². The summed E-state index contributed by atoms with van der Waals surface area (Å²) in [6.45, 7) is 1.64. The van der Waals surface area contributed by atoms with E-state index in [4.69, 9.17) is 0 Å². The van der Waals surface area contributed by atoms with Crippen LogP contribution in [0.25, 0.3) is 0 Å². The highest BCUT2D eigenvalue weighted by Gasteiger charge is 2.07. The number of anilines is 1. The normalized spacial score (nSPS) is 11.0. The van der Waals surface area contributed by atoms with E-state index in [0.717, 1.165) is 3.57 Å². The monoisotopic (exact) mass is 439 g/mol. The summed E-state index contributed by atoms with van der Waals surface area (Å²) in [4.78, 5) is 23.8. The fourth-order valence-electron chi connectivity index (χ4n) is 1.85. The number of rotatable bonds is 5. The summed E-state index contributed by atoms with van der Waals surface area (Å²) < 4.78 is 13.7. The van der Waals surface area contributed by atoms with Crippen molar-refractivity contribution < 1.29 is 14.0 Å². The van der Waals surface area contributed by atoms with Gasteiger partial charge >= 0.3 is 0 Å². The molecule has 0 bridgehead atoms. The van der Waals surface area contributed by atoms with Crippen LogP contribution in [0.4, 0.5) is 10.1 Å². The Bertz CT molecular complexity index is 776. The SMILES string of the molecule is C/C(CC(=O)Nc1ccc(F)cc1)=N/NC(=O)c1cccc(I)c1. The lowest BCUT2D eigenvalue weighted by molar-refractivity contribution is -0.115. The molecule has 124 valence electrons. The first-order valence-electron chi connectivity index (χ1n) is 7.08. The Kier molecular flexibility index (Phi) is 6.42. The van der Waals surface area contributed by atoms with Gasteiger partial charge in [-0.15, -0.1) is 0 Å². The van der Waals surface area contributed by atoms with Crippen LogP contribution in [0.5, 0.6) is 0 Å². The zero-order chi connectivity index (χ0) is 17.5. The Morgan fingerprint density at radius 3 is 2.54 bits per heavy atom. The van der Waals surface area contributed by atoms with E-state index >= 15 is 0 Å². The number of halogens is 2. The van der Waals surface area contributed by atoms with Crippen LogP contribution in [0, 0.1) is 9.39 Å². The first kappa shape index (κ1) is 18.1. The summed E-state index contributed by atoms with van der Waals surface area (Å²) in [5, 5.41) is 6.55. The van der Waals surface area contributed by atoms with Crippen molar-refractivity contribution in [1.82, 2.24) is 5.43 Å². The molecule has 5 nitrogen and oxygen atoms in total. The fraction of sp³-hybridized carbons (Fsp3) is 0.118. The zero-order valence-corrected chi connectivity index (χ0v) is 15.0. The number of nitrogens with one attached hydrogen (secondary N) is 2. The molecule has 0 aliphatic carbocycles. The number of benzene rings is 2. The van der Waals surface area contributed by atoms with E-state index in [-0.39, 0.29) is 24.1 Å². The Labute approximate surface area is 152 Å². The molecule has 0 saturated carbocycles. The van der Waals surface area contributed by atoms with Gasteiger partial charge < -0.3 is 5.32 Å². The van der Waals surface area contributed by atoms with Crippen molar-refractivity contribution in [1.29, 1.82) is 0 Å². The highest BCUT2D eigenvalue weighted by atomic mass is 127. The predicted molar refractivity (Wildman–Crippen MR) is 99.4 cm³/mol. The van der Waals surface area contributed by atoms with Gasteiger partial charge in [-0.1, -0.05) is 6.07 Å². The zero-order valence-electron chi connectivity index (χ0n) is 12.8. The van der Waals surface area contributed by atoms with Crippen molar-refractivity contribution in [2.75, 3.05) is 5.32 Å². The van der Waals surface area contributed by atoms with Gasteiger partial charge in [0.05, 0.1) is 6.42 Å². The molecule has 2 rings (SSSR count). The molecule has 24 heavy (non-hydrogen) atoms. The van der Waals surface area contributed by atoms with Crippen molar-refractivity contribution in [3.63, 3.8) is 0 Å². The highest BCUT2D eigenvalue weighted by Crippen LogP contribution is 2.09. The maximum Gasteiger partial charge on any atom is 0.271 e. The van der Waals surface area contributed by atoms with Gasteiger partial charge in [0.1, 0.15) is 5.82 Å². The summed E-state index contributed by atoms with van der Waals surface area (Å²) in [6, 6.07) is 12.5. The number of carbonyl (C=O) groups is 2. The van der Waals surface area contributed by atoms with Gasteiger partial charge in [0.25, 0.3) is 5.91 Å². The second kappa shape index (κ2) is 8.53. The lowest BCUT2D eigenvalue weighted by Crippen LogP contribution is -2.21. The molecule has 0 atom stereocenters. The first-order chi connectivity index (χ1) is 11.4. The molecule has 0 saturated heterocycles. The van der Waals surface area contributed by atoms with Gasteiger partial charge in [-0.2, -0.15) is 5.10 Å². The van der Waals surface area contributed by atoms with E-state index in [1.54, 1.807) is 25.1 Å². The van der Waals surface area contributed by atoms with Crippen LogP contribution >= 0.6 is 22.6 Å². The van der Waals surface area contributed by atoms with Gasteiger partial charge in [-0.25, -0.2) is 9.82 Å². The van der Waals surface area contributed by atoms with Gasteiger partial charge in [-0.05, 0) is 72.0 Å². The van der Waals surface area contributed by atoms with Crippen molar-refractivity contribution in [3.05, 3.63) is 63.5 Å². The molecular weight excluding hydrogens is 424 g/mol. The summed E-state index contributed by atoms with van der Waals surface area (Å²) in [5.41, 5.74) is 3.86. The van der Waals surface area contributed by atoms with E-state index in [9.17, 15) is 14.0 Å². The fourth-order valence-corrected chi connectivity index (χ4v) is 2.39. The van der Waals surface area contributed by atoms with Crippen molar-refractivity contribution >= 4 is 45.8 Å². The average Bonchev–Trinajstić information content (AvgIpc) is 2.54. The number of carbonyl (C=O) groups excluding carboxylic acids is 2. The smallest absolute Gasteiger partial charge is 0.271 e. The van der Waals surface area contributed by atoms with Crippen LogP contribution in [-0.4, -0.2) is 17.5 Å². The molecule has 0 unspecified atom stereocenters. The number of hydrogen-bond donors (Lipinski definition) is 2. The Morgan fingerprint density at radius 1 is 1.17 bits per heavy atom. The number of hydrazone groups is 1. The number of hydrogen-bond acceptors (Lipinski definition) is 3. The van der Waals surface area contributed by atoms with Gasteiger partial charge in [0.15, 0.2) is 0 Å². The second-order valence-corrected chi connectivity index (χ2v) is 6.28. The lowest BCUT2D eigenvalue weighted by Gasteiger charge is -2.05. The Hall–Kier alpha value is -2.29. The van der Waals surface area contributed by atoms with Crippen LogP contribution in [0.2, 0.25) is 0 Å². The van der Waals surface area contributed by atoms with Crippen LogP contribution in [-0.2, 0) is 4.79 Å². The van der Waals surface area contributed by atoms with E-state index in [0.29, 0.717) is 17.0 Å². The average molecular weight is 439 g/mol. The third kappa shape index (κ3) is 5.73. The summed E-state index contributed by atoms with van der Waals surface area (Å²) in [5.74, 6) is -1.01. The second-order valence-electron chi connectivity index (χ2n) is 5.03. The minimum absolute atomic E-state index is 0.0178. The lowest BCUT2D eigenvalue weighted by atomic mass is 10.2. The van der Waals surface area contributed by atoms with Gasteiger partial charge in [0, 0.05) is 20.5 Å². The molecule has 0 spiro atoms. The molecule has 0 aromatic heterocycles. The van der Waals surface area contributed by atoms with Gasteiger partial charge in [0.2, 0.25) is 5.91 Å². The molecule has 0 heterocycles. The molecule has 2 aromatic rings. The van der Waals surface area contributed by atoms with Crippen molar-refractivity contribution in [2.45, 2.75) is 13.3 Å². The molecule has 7 heteroatoms. The van der Waals surface area contributed by atoms with Crippen molar-refractivity contribution in [3.8, 4) is 0 Å². The molecular formula is C17H15FIN3O2. The predicted octanol–water partition coefficient (Wildman–Crippen LogP) is 3.56. The number of nitrogens with zero attached hydrogens (tertiary/aromatic N) is 1. The first-order valence-corrected chi connectivity index (χ1v) is 8.16. The molecule has 0 radical (unpaired) electrons. The summed E-state index contributed by atoms with van der Waals surface area (Å²) in [6.07, 6.45) is 0.0178. The van der Waals surface area contributed by atoms with E-state index in [2.05, 4.69) is 38.4 Å². The minimum Gasteiger partial charge on any atom is -0.326 e.